The van der Waals surface area contributed by atoms with E-state index in [1.54, 1.807) is 6.20 Å². The fourth-order valence-electron chi connectivity index (χ4n) is 4.89. The van der Waals surface area contributed by atoms with Gasteiger partial charge in [-0.2, -0.15) is 10.2 Å². The molecule has 0 aromatic carbocycles. The van der Waals surface area contributed by atoms with Crippen LogP contribution in [0.25, 0.3) is 11.8 Å². The number of rotatable bonds is 2. The average molecular weight is 412 g/mol. The standard InChI is InChI=1S/C22H23ClFN5/c1-29-9-8-17(23)20(21-22(29)16-11-26-27-12-19(16)28-21)14-4-2-13(3-5-14)18-7-6-15(24)10-25-18/h6-8,10,12-14,28H,2-5,9,11H2,1H3. The summed E-state index contributed by atoms with van der Waals surface area (Å²) in [7, 11) is 2.10. The monoisotopic (exact) mass is 411 g/mol. The molecule has 150 valence electrons. The molecular formula is C22H23ClFN5. The van der Waals surface area contributed by atoms with Gasteiger partial charge in [-0.3, -0.25) is 4.98 Å². The minimum atomic E-state index is -0.281. The van der Waals surface area contributed by atoms with E-state index < -0.39 is 0 Å². The first-order valence-electron chi connectivity index (χ1n) is 10.1. The zero-order valence-corrected chi connectivity index (χ0v) is 17.1. The first-order valence-corrected chi connectivity index (χ1v) is 10.5. The molecule has 1 saturated carbocycles. The van der Waals surface area contributed by atoms with Crippen molar-refractivity contribution in [1.82, 2.24) is 9.97 Å². The Balaban J connectivity index is 1.51. The maximum Gasteiger partial charge on any atom is 0.141 e. The van der Waals surface area contributed by atoms with Crippen molar-refractivity contribution in [1.29, 1.82) is 0 Å². The molecule has 2 aromatic heterocycles. The highest BCUT2D eigenvalue weighted by Crippen LogP contribution is 2.41. The van der Waals surface area contributed by atoms with Crippen LogP contribution in [-0.4, -0.2) is 23.6 Å². The van der Waals surface area contributed by atoms with E-state index in [9.17, 15) is 4.39 Å². The zero-order valence-electron chi connectivity index (χ0n) is 16.3. The number of halogens is 2. The summed E-state index contributed by atoms with van der Waals surface area (Å²) in [5.41, 5.74) is 4.59. The fraction of sp³-hybridized carbons (Fsp3) is 0.409. The van der Waals surface area contributed by atoms with E-state index in [-0.39, 0.29) is 5.82 Å². The van der Waals surface area contributed by atoms with E-state index in [2.05, 4.69) is 38.2 Å². The summed E-state index contributed by atoms with van der Waals surface area (Å²) in [6.07, 6.45) is 9.35. The van der Waals surface area contributed by atoms with Crippen molar-refractivity contribution in [2.75, 3.05) is 18.5 Å². The van der Waals surface area contributed by atoms with Gasteiger partial charge in [-0.25, -0.2) is 4.39 Å². The van der Waals surface area contributed by atoms with Crippen LogP contribution < -0.4 is 15.6 Å². The van der Waals surface area contributed by atoms with Crippen LogP contribution in [0.4, 0.5) is 10.1 Å². The summed E-state index contributed by atoms with van der Waals surface area (Å²) in [4.78, 5) is 10.1. The van der Waals surface area contributed by atoms with Crippen LogP contribution in [0.5, 0.6) is 0 Å². The molecule has 2 aliphatic heterocycles. The number of azo groups is 1. The summed E-state index contributed by atoms with van der Waals surface area (Å²) in [5.74, 6) is 0.483. The average Bonchev–Trinajstić information content (AvgIpc) is 3.07. The maximum atomic E-state index is 13.2. The fourth-order valence-corrected chi connectivity index (χ4v) is 5.21. The van der Waals surface area contributed by atoms with Crippen LogP contribution in [0.3, 0.4) is 0 Å². The van der Waals surface area contributed by atoms with Crippen molar-refractivity contribution < 1.29 is 4.39 Å². The van der Waals surface area contributed by atoms with E-state index in [1.807, 2.05) is 6.07 Å². The molecule has 1 aliphatic carbocycles. The highest BCUT2D eigenvalue weighted by atomic mass is 35.5. The highest BCUT2D eigenvalue weighted by Gasteiger charge is 2.30. The van der Waals surface area contributed by atoms with Crippen LogP contribution in [0, 0.1) is 11.7 Å². The van der Waals surface area contributed by atoms with Gasteiger partial charge in [-0.1, -0.05) is 11.6 Å². The first-order chi connectivity index (χ1) is 14.1. The molecule has 0 amide bonds. The van der Waals surface area contributed by atoms with Gasteiger partial charge >= 0.3 is 0 Å². The minimum Gasteiger partial charge on any atom is -0.369 e. The summed E-state index contributed by atoms with van der Waals surface area (Å²) in [5, 5.41) is 11.3. The number of hydrogen-bond donors (Lipinski definition) is 1. The number of likely N-dealkylation sites (N-methyl/N-ethyl adjacent to an activating group) is 1. The van der Waals surface area contributed by atoms with Crippen molar-refractivity contribution in [2.24, 2.45) is 16.1 Å². The van der Waals surface area contributed by atoms with Crippen molar-refractivity contribution in [3.8, 4) is 0 Å². The molecule has 0 unspecified atom stereocenters. The normalized spacial score (nSPS) is 23.8. The van der Waals surface area contributed by atoms with Crippen LogP contribution >= 0.6 is 11.6 Å². The lowest BCUT2D eigenvalue weighted by Gasteiger charge is -2.29. The van der Waals surface area contributed by atoms with E-state index in [0.717, 1.165) is 53.7 Å². The lowest BCUT2D eigenvalue weighted by molar-refractivity contribution is 0.378. The summed E-state index contributed by atoms with van der Waals surface area (Å²) in [6.45, 7) is 1.36. The van der Waals surface area contributed by atoms with Crippen molar-refractivity contribution in [3.05, 3.63) is 57.2 Å². The van der Waals surface area contributed by atoms with Crippen LogP contribution in [-0.2, 0) is 6.54 Å². The second-order valence-corrected chi connectivity index (χ2v) is 8.49. The predicted octanol–water partition coefficient (Wildman–Crippen LogP) is 3.95. The zero-order chi connectivity index (χ0) is 20.0. The second-order valence-electron chi connectivity index (χ2n) is 8.08. The number of pyridine rings is 1. The highest BCUT2D eigenvalue weighted by molar-refractivity contribution is 6.36. The van der Waals surface area contributed by atoms with E-state index >= 15 is 0 Å². The number of aromatic nitrogens is 2. The van der Waals surface area contributed by atoms with Crippen molar-refractivity contribution in [3.63, 3.8) is 0 Å². The predicted molar refractivity (Wildman–Crippen MR) is 113 cm³/mol. The van der Waals surface area contributed by atoms with Crippen LogP contribution in [0.15, 0.2) is 39.7 Å². The molecule has 0 spiro atoms. The quantitative estimate of drug-likeness (QED) is 0.813. The number of allylic oxidation sites excluding steroid dienone is 1. The molecule has 0 radical (unpaired) electrons. The Kier molecular flexibility index (Phi) is 4.74. The lowest BCUT2D eigenvalue weighted by atomic mass is 9.77. The van der Waals surface area contributed by atoms with Gasteiger partial charge in [0, 0.05) is 35.8 Å². The Morgan fingerprint density at radius 1 is 1.17 bits per heavy atom. The molecular weight excluding hydrogens is 389 g/mol. The summed E-state index contributed by atoms with van der Waals surface area (Å²) in [6, 6.07) is 3.33. The lowest BCUT2D eigenvalue weighted by Crippen LogP contribution is -2.25. The molecule has 29 heavy (non-hydrogen) atoms. The number of fused-ring (bicyclic) bond motifs is 3. The van der Waals surface area contributed by atoms with E-state index in [4.69, 9.17) is 11.6 Å². The molecule has 3 aliphatic rings. The molecule has 0 bridgehead atoms. The van der Waals surface area contributed by atoms with Crippen LogP contribution in [0.1, 0.15) is 42.9 Å². The Labute approximate surface area is 173 Å². The minimum absolute atomic E-state index is 0.281. The third kappa shape index (κ3) is 3.29. The number of hydrogen-bond acceptors (Lipinski definition) is 4. The number of nitrogens with zero attached hydrogens (tertiary/aromatic N) is 4. The van der Waals surface area contributed by atoms with Gasteiger partial charge in [0.25, 0.3) is 0 Å². The van der Waals surface area contributed by atoms with Crippen molar-refractivity contribution in [2.45, 2.75) is 38.1 Å². The first kappa shape index (κ1) is 18.6. The Morgan fingerprint density at radius 2 is 1.97 bits per heavy atom. The third-order valence-corrected chi connectivity index (χ3v) is 6.72. The Bertz CT molecular complexity index is 1110. The third-order valence-electron chi connectivity index (χ3n) is 6.36. The van der Waals surface area contributed by atoms with Crippen LogP contribution in [0.2, 0.25) is 0 Å². The van der Waals surface area contributed by atoms with Gasteiger partial charge in [0.1, 0.15) is 5.82 Å². The number of aromatic amines is 1. The van der Waals surface area contributed by atoms with Gasteiger partial charge in [-0.05, 0) is 55.4 Å². The molecule has 1 N–H and O–H groups in total. The summed E-state index contributed by atoms with van der Waals surface area (Å²) < 4.78 is 13.2. The molecule has 1 fully saturated rings. The Hall–Kier alpha value is -2.47. The number of H-pyrrole nitrogens is 1. The molecule has 0 saturated heterocycles. The smallest absolute Gasteiger partial charge is 0.141 e. The largest absolute Gasteiger partial charge is 0.369 e. The summed E-state index contributed by atoms with van der Waals surface area (Å²) >= 11 is 6.81. The molecule has 7 heteroatoms. The van der Waals surface area contributed by atoms with E-state index in [1.165, 1.54) is 29.1 Å². The molecule has 5 nitrogen and oxygen atoms in total. The molecule has 5 rings (SSSR count). The van der Waals surface area contributed by atoms with Gasteiger partial charge < -0.3 is 9.88 Å². The van der Waals surface area contributed by atoms with E-state index in [0.29, 0.717) is 18.4 Å². The Morgan fingerprint density at radius 3 is 2.72 bits per heavy atom. The van der Waals surface area contributed by atoms with Crippen molar-refractivity contribution >= 4 is 29.1 Å². The molecule has 0 atom stereocenters. The maximum absolute atomic E-state index is 13.2. The number of anilines is 1. The number of nitrogens with one attached hydrogen (secondary N) is 1. The second kappa shape index (κ2) is 7.41. The van der Waals surface area contributed by atoms with Gasteiger partial charge in [0.05, 0.1) is 35.3 Å². The van der Waals surface area contributed by atoms with Gasteiger partial charge in [0.2, 0.25) is 0 Å². The SMILES string of the molecule is CN1CC=C(Cl)C(C2CCC(c3ccc(F)cn3)CC2)=c2[nH]c3c(c21)CN=NC=3. The van der Waals surface area contributed by atoms with Gasteiger partial charge in [-0.15, -0.1) is 0 Å². The molecule has 4 heterocycles. The molecule has 2 aromatic rings. The topological polar surface area (TPSA) is 56.6 Å². The van der Waals surface area contributed by atoms with Gasteiger partial charge in [0.15, 0.2) is 0 Å².